The molecule has 0 fully saturated rings. The van der Waals surface area contributed by atoms with Gasteiger partial charge in [0.15, 0.2) is 0 Å². The van der Waals surface area contributed by atoms with E-state index in [2.05, 4.69) is 103 Å². The highest BCUT2D eigenvalue weighted by atomic mass is 14.8. The van der Waals surface area contributed by atoms with E-state index >= 15 is 0 Å². The smallest absolute Gasteiger partial charge is 0.0746 e. The van der Waals surface area contributed by atoms with E-state index in [4.69, 9.17) is 15.0 Å². The number of fused-ring (bicyclic) bond motifs is 6. The van der Waals surface area contributed by atoms with Gasteiger partial charge in [0.25, 0.3) is 0 Å². The lowest BCUT2D eigenvalue weighted by Gasteiger charge is -2.06. The lowest BCUT2D eigenvalue weighted by Crippen LogP contribution is -1.87. The number of nitrogens with one attached hydrogen (secondary N) is 2. The van der Waals surface area contributed by atoms with Gasteiger partial charge in [-0.15, -0.1) is 0 Å². The minimum atomic E-state index is 0.821. The average molecular weight is 620 g/mol. The van der Waals surface area contributed by atoms with Crippen LogP contribution in [-0.2, 0) is 0 Å². The number of H-pyrrole nitrogens is 2. The Labute approximate surface area is 279 Å². The van der Waals surface area contributed by atoms with Gasteiger partial charge in [-0.25, -0.2) is 4.98 Å². The van der Waals surface area contributed by atoms with Crippen molar-refractivity contribution < 1.29 is 0 Å². The molecule has 230 valence electrons. The summed E-state index contributed by atoms with van der Waals surface area (Å²) < 4.78 is 0. The van der Waals surface area contributed by atoms with Crippen LogP contribution in [0.5, 0.6) is 0 Å². The van der Waals surface area contributed by atoms with Gasteiger partial charge in [-0.3, -0.25) is 9.98 Å². The summed E-state index contributed by atoms with van der Waals surface area (Å²) in [6, 6.07) is 46.0. The average Bonchev–Trinajstić information content (AvgIpc) is 3.85. The molecule has 5 heteroatoms. The maximum Gasteiger partial charge on any atom is 0.0746 e. The molecule has 8 rings (SSSR count). The fourth-order valence-corrected chi connectivity index (χ4v) is 6.12. The fraction of sp³-hybridized carbons (Fsp3) is 0.0465. The van der Waals surface area contributed by atoms with Crippen LogP contribution in [0.1, 0.15) is 28.1 Å². The molecule has 0 saturated heterocycles. The minimum absolute atomic E-state index is 0.821. The third kappa shape index (κ3) is 5.85. The Morgan fingerprint density at radius 1 is 0.521 bits per heavy atom. The first-order valence-electron chi connectivity index (χ1n) is 16.1. The SMILES string of the molecule is Cc1ccc(-c2c3nc(cc4[nH]c(cc4C=Nc4ccccc4)c(-c4ccc(C)cc4)c4ccc2[nH]4)C(C=Nc2ccccc2)=C3)cc1. The van der Waals surface area contributed by atoms with E-state index in [1.807, 2.05) is 73.1 Å². The van der Waals surface area contributed by atoms with E-state index in [0.717, 1.165) is 78.2 Å². The van der Waals surface area contributed by atoms with Gasteiger partial charge in [0.2, 0.25) is 0 Å². The largest absolute Gasteiger partial charge is 0.354 e. The molecule has 0 spiro atoms. The number of hydrogen-bond acceptors (Lipinski definition) is 3. The molecule has 4 heterocycles. The number of para-hydroxylation sites is 2. The number of aromatic amines is 2. The Hall–Kier alpha value is -6.33. The third-order valence-corrected chi connectivity index (χ3v) is 8.64. The topological polar surface area (TPSA) is 69.2 Å². The number of aliphatic imine (C=N–C) groups is 2. The lowest BCUT2D eigenvalue weighted by atomic mass is 10.0. The summed E-state index contributed by atoms with van der Waals surface area (Å²) in [6.45, 7) is 4.23. The van der Waals surface area contributed by atoms with Crippen LogP contribution in [-0.4, -0.2) is 27.4 Å². The predicted molar refractivity (Wildman–Crippen MR) is 202 cm³/mol. The second-order valence-corrected chi connectivity index (χ2v) is 12.1. The quantitative estimate of drug-likeness (QED) is 0.179. The maximum absolute atomic E-state index is 5.27. The van der Waals surface area contributed by atoms with E-state index in [-0.39, 0.29) is 0 Å². The highest BCUT2D eigenvalue weighted by molar-refractivity contribution is 6.18. The Morgan fingerprint density at radius 3 is 1.69 bits per heavy atom. The molecule has 5 nitrogen and oxygen atoms in total. The molecule has 1 aliphatic rings. The van der Waals surface area contributed by atoms with Gasteiger partial charge < -0.3 is 9.97 Å². The molecule has 0 amide bonds. The summed E-state index contributed by atoms with van der Waals surface area (Å²) >= 11 is 0. The normalized spacial score (nSPS) is 12.3. The van der Waals surface area contributed by atoms with E-state index < -0.39 is 0 Å². The molecule has 0 aliphatic carbocycles. The molecule has 7 aromatic rings. The van der Waals surface area contributed by atoms with Crippen LogP contribution in [0.4, 0.5) is 11.4 Å². The van der Waals surface area contributed by atoms with Crippen molar-refractivity contribution >= 4 is 57.5 Å². The standard InChI is InChI=1S/C43H33N5/c1-28-13-17-30(18-14-28)42-36-21-22-37(46-36)43(31-19-15-29(2)16-20-31)41-24-33(27-45-35-11-7-4-8-12-35)39(48-41)25-38-32(23-40(42)47-38)26-44-34-9-5-3-6-10-34/h3-27,46-47H,1-2H3. The molecule has 0 atom stereocenters. The van der Waals surface area contributed by atoms with Crippen LogP contribution in [0.25, 0.3) is 56.0 Å². The predicted octanol–water partition coefficient (Wildman–Crippen LogP) is 11.1. The number of aryl methyl sites for hydroxylation is 2. The molecule has 0 radical (unpaired) electrons. The molecule has 4 aromatic carbocycles. The number of benzene rings is 4. The molecule has 6 bridgehead atoms. The summed E-state index contributed by atoms with van der Waals surface area (Å²) in [4.78, 5) is 22.5. The third-order valence-electron chi connectivity index (χ3n) is 8.64. The van der Waals surface area contributed by atoms with Crippen molar-refractivity contribution in [2.75, 3.05) is 0 Å². The van der Waals surface area contributed by atoms with Gasteiger partial charge in [0, 0.05) is 56.8 Å². The maximum atomic E-state index is 5.27. The second kappa shape index (κ2) is 12.5. The van der Waals surface area contributed by atoms with Crippen LogP contribution >= 0.6 is 0 Å². The van der Waals surface area contributed by atoms with Crippen LogP contribution in [0.3, 0.4) is 0 Å². The summed E-state index contributed by atoms with van der Waals surface area (Å²) in [5.41, 5.74) is 16.0. The molecule has 0 unspecified atom stereocenters. The van der Waals surface area contributed by atoms with Crippen LogP contribution in [0.15, 0.2) is 143 Å². The lowest BCUT2D eigenvalue weighted by molar-refractivity contribution is 1.31. The van der Waals surface area contributed by atoms with Gasteiger partial charge in [0.05, 0.1) is 22.8 Å². The van der Waals surface area contributed by atoms with E-state index in [1.54, 1.807) is 0 Å². The van der Waals surface area contributed by atoms with Gasteiger partial charge in [0.1, 0.15) is 0 Å². The summed E-state index contributed by atoms with van der Waals surface area (Å²) in [5.74, 6) is 0. The first-order chi connectivity index (χ1) is 23.6. The zero-order valence-corrected chi connectivity index (χ0v) is 26.8. The van der Waals surface area contributed by atoms with Crippen molar-refractivity contribution in [3.8, 4) is 22.3 Å². The molecule has 2 N–H and O–H groups in total. The fourth-order valence-electron chi connectivity index (χ4n) is 6.12. The zero-order valence-electron chi connectivity index (χ0n) is 26.8. The summed E-state index contributed by atoms with van der Waals surface area (Å²) in [6.07, 6.45) is 5.98. The second-order valence-electron chi connectivity index (χ2n) is 12.1. The van der Waals surface area contributed by atoms with Crippen LogP contribution < -0.4 is 0 Å². The van der Waals surface area contributed by atoms with E-state index in [0.29, 0.717) is 0 Å². The number of aromatic nitrogens is 3. The Kier molecular flexibility index (Phi) is 7.55. The molecular weight excluding hydrogens is 587 g/mol. The first kappa shape index (κ1) is 29.1. The monoisotopic (exact) mass is 619 g/mol. The number of allylic oxidation sites excluding steroid dienone is 1. The number of nitrogens with zero attached hydrogens (tertiary/aromatic N) is 3. The van der Waals surface area contributed by atoms with Gasteiger partial charge in [-0.2, -0.15) is 0 Å². The minimum Gasteiger partial charge on any atom is -0.354 e. The molecular formula is C43H33N5. The summed E-state index contributed by atoms with van der Waals surface area (Å²) in [5, 5.41) is 0. The first-order valence-corrected chi connectivity index (χ1v) is 16.1. The molecule has 48 heavy (non-hydrogen) atoms. The van der Waals surface area contributed by atoms with E-state index in [1.165, 1.54) is 11.1 Å². The molecule has 3 aromatic heterocycles. The van der Waals surface area contributed by atoms with Crippen LogP contribution in [0, 0.1) is 13.8 Å². The van der Waals surface area contributed by atoms with Crippen LogP contribution in [0.2, 0.25) is 0 Å². The number of hydrogen-bond donors (Lipinski definition) is 2. The summed E-state index contributed by atoms with van der Waals surface area (Å²) in [7, 11) is 0. The zero-order chi connectivity index (χ0) is 32.5. The van der Waals surface area contributed by atoms with Crippen molar-refractivity contribution in [2.45, 2.75) is 13.8 Å². The Morgan fingerprint density at radius 2 is 1.06 bits per heavy atom. The number of rotatable bonds is 6. The Bertz CT molecular complexity index is 2430. The highest BCUT2D eigenvalue weighted by Gasteiger charge is 2.17. The van der Waals surface area contributed by atoms with Gasteiger partial charge in [-0.1, -0.05) is 96.1 Å². The van der Waals surface area contributed by atoms with Gasteiger partial charge in [-0.05, 0) is 79.6 Å². The van der Waals surface area contributed by atoms with E-state index in [9.17, 15) is 0 Å². The Balaban J connectivity index is 1.45. The van der Waals surface area contributed by atoms with Crippen molar-refractivity contribution in [3.05, 3.63) is 162 Å². The van der Waals surface area contributed by atoms with Crippen molar-refractivity contribution in [3.63, 3.8) is 0 Å². The van der Waals surface area contributed by atoms with Gasteiger partial charge >= 0.3 is 0 Å². The molecule has 1 aliphatic heterocycles. The van der Waals surface area contributed by atoms with Crippen molar-refractivity contribution in [1.82, 2.24) is 15.0 Å². The molecule has 0 saturated carbocycles. The van der Waals surface area contributed by atoms with Crippen molar-refractivity contribution in [2.24, 2.45) is 9.98 Å². The van der Waals surface area contributed by atoms with Crippen molar-refractivity contribution in [1.29, 1.82) is 0 Å². The highest BCUT2D eigenvalue weighted by Crippen LogP contribution is 2.36.